The van der Waals surface area contributed by atoms with Crippen LogP contribution in [0.25, 0.3) is 10.9 Å². The van der Waals surface area contributed by atoms with Gasteiger partial charge in [0.25, 0.3) is 5.91 Å². The summed E-state index contributed by atoms with van der Waals surface area (Å²) in [4.78, 5) is 53.9. The van der Waals surface area contributed by atoms with E-state index in [0.717, 1.165) is 23.7 Å². The SMILES string of the molecule is COc1cccc2[nH]c(C(=O)NC(CC3CC3(C)C)C(=O)N[C@@H](C[C@@H]3CCCNC3=O)C(N)=O)cc12. The average Bonchev–Trinajstić information content (AvgIpc) is 3.23. The zero-order valence-corrected chi connectivity index (χ0v) is 21.0. The van der Waals surface area contributed by atoms with Gasteiger partial charge in [0.15, 0.2) is 0 Å². The van der Waals surface area contributed by atoms with Gasteiger partial charge >= 0.3 is 0 Å². The van der Waals surface area contributed by atoms with E-state index in [1.54, 1.807) is 19.2 Å². The Kier molecular flexibility index (Phi) is 7.23. The van der Waals surface area contributed by atoms with Gasteiger partial charge in [-0.15, -0.1) is 0 Å². The van der Waals surface area contributed by atoms with Gasteiger partial charge in [-0.1, -0.05) is 19.9 Å². The summed E-state index contributed by atoms with van der Waals surface area (Å²) >= 11 is 0. The Morgan fingerprint density at radius 3 is 2.58 bits per heavy atom. The smallest absolute Gasteiger partial charge is 0.268 e. The van der Waals surface area contributed by atoms with Crippen molar-refractivity contribution in [3.8, 4) is 5.75 Å². The van der Waals surface area contributed by atoms with Crippen molar-refractivity contribution >= 4 is 34.5 Å². The number of nitrogens with one attached hydrogen (secondary N) is 4. The largest absolute Gasteiger partial charge is 0.496 e. The predicted octanol–water partition coefficient (Wildman–Crippen LogP) is 1.60. The fraction of sp³-hybridized carbons (Fsp3) is 0.538. The highest BCUT2D eigenvalue weighted by atomic mass is 16.5. The summed E-state index contributed by atoms with van der Waals surface area (Å²) in [5, 5.41) is 9.10. The molecule has 4 atom stereocenters. The normalized spacial score (nSPS) is 22.2. The molecule has 1 saturated carbocycles. The Balaban J connectivity index is 1.49. The number of amides is 4. The first kappa shape index (κ1) is 25.5. The molecular weight excluding hydrogens is 462 g/mol. The Hall–Kier alpha value is -3.56. The van der Waals surface area contributed by atoms with Crippen LogP contribution in [0.1, 0.15) is 56.4 Å². The van der Waals surface area contributed by atoms with Crippen LogP contribution in [0.15, 0.2) is 24.3 Å². The third kappa shape index (κ3) is 5.63. The molecule has 2 unspecified atom stereocenters. The Morgan fingerprint density at radius 2 is 1.94 bits per heavy atom. The van der Waals surface area contributed by atoms with E-state index < -0.39 is 35.7 Å². The van der Waals surface area contributed by atoms with Crippen molar-refractivity contribution in [1.29, 1.82) is 0 Å². The van der Waals surface area contributed by atoms with Crippen molar-refractivity contribution in [2.75, 3.05) is 13.7 Å². The predicted molar refractivity (Wildman–Crippen MR) is 134 cm³/mol. The maximum atomic E-state index is 13.3. The highest BCUT2D eigenvalue weighted by Crippen LogP contribution is 2.54. The van der Waals surface area contributed by atoms with Crippen LogP contribution < -0.4 is 26.4 Å². The van der Waals surface area contributed by atoms with Gasteiger partial charge in [0.1, 0.15) is 23.5 Å². The number of nitrogens with two attached hydrogens (primary N) is 1. The number of ether oxygens (including phenoxy) is 1. The van der Waals surface area contributed by atoms with E-state index in [1.807, 2.05) is 12.1 Å². The number of carbonyl (C=O) groups excluding carboxylic acids is 4. The van der Waals surface area contributed by atoms with Crippen molar-refractivity contribution in [2.24, 2.45) is 23.0 Å². The molecule has 2 fully saturated rings. The second kappa shape index (κ2) is 10.2. The molecule has 10 nitrogen and oxygen atoms in total. The number of aromatic amines is 1. The number of methoxy groups -OCH3 is 1. The summed E-state index contributed by atoms with van der Waals surface area (Å²) in [6, 6.07) is 5.29. The Morgan fingerprint density at radius 1 is 1.19 bits per heavy atom. The number of piperidine rings is 1. The van der Waals surface area contributed by atoms with E-state index >= 15 is 0 Å². The topological polar surface area (TPSA) is 155 Å². The second-order valence-electron chi connectivity index (χ2n) is 10.6. The zero-order chi connectivity index (χ0) is 26.0. The number of aromatic nitrogens is 1. The maximum Gasteiger partial charge on any atom is 0.268 e. The third-order valence-electron chi connectivity index (χ3n) is 7.53. The van der Waals surface area contributed by atoms with E-state index in [4.69, 9.17) is 10.5 Å². The van der Waals surface area contributed by atoms with E-state index in [-0.39, 0.29) is 23.7 Å². The van der Waals surface area contributed by atoms with Crippen LogP contribution in [0.4, 0.5) is 0 Å². The summed E-state index contributed by atoms with van der Waals surface area (Å²) in [6.07, 6.45) is 2.94. The Labute approximate surface area is 210 Å². The van der Waals surface area contributed by atoms with E-state index in [9.17, 15) is 19.2 Å². The summed E-state index contributed by atoms with van der Waals surface area (Å²) in [5.41, 5.74) is 6.70. The summed E-state index contributed by atoms with van der Waals surface area (Å²) < 4.78 is 5.37. The molecule has 1 aliphatic carbocycles. The molecule has 0 radical (unpaired) electrons. The monoisotopic (exact) mass is 497 g/mol. The average molecular weight is 498 g/mol. The number of rotatable bonds is 10. The highest BCUT2D eigenvalue weighted by Gasteiger charge is 2.47. The van der Waals surface area contributed by atoms with E-state index in [1.165, 1.54) is 0 Å². The van der Waals surface area contributed by atoms with Gasteiger partial charge in [-0.2, -0.15) is 0 Å². The number of primary amides is 1. The molecular formula is C26H35N5O5. The van der Waals surface area contributed by atoms with Gasteiger partial charge in [0, 0.05) is 23.4 Å². The number of benzene rings is 1. The number of fused-ring (bicyclic) bond motifs is 1. The minimum Gasteiger partial charge on any atom is -0.496 e. The lowest BCUT2D eigenvalue weighted by Crippen LogP contribution is -2.54. The number of hydrogen-bond acceptors (Lipinski definition) is 5. The summed E-state index contributed by atoms with van der Waals surface area (Å²) in [7, 11) is 1.56. The molecule has 1 aliphatic heterocycles. The third-order valence-corrected chi connectivity index (χ3v) is 7.53. The van der Waals surface area contributed by atoms with Gasteiger partial charge in [0.2, 0.25) is 17.7 Å². The van der Waals surface area contributed by atoms with Crippen LogP contribution in [0.3, 0.4) is 0 Å². The van der Waals surface area contributed by atoms with Crippen LogP contribution in [-0.4, -0.2) is 54.4 Å². The molecule has 10 heteroatoms. The van der Waals surface area contributed by atoms with Crippen LogP contribution in [0.5, 0.6) is 5.75 Å². The first-order valence-electron chi connectivity index (χ1n) is 12.4. The van der Waals surface area contributed by atoms with Gasteiger partial charge in [0.05, 0.1) is 7.11 Å². The van der Waals surface area contributed by atoms with Crippen molar-refractivity contribution in [1.82, 2.24) is 20.9 Å². The fourth-order valence-corrected chi connectivity index (χ4v) is 5.02. The molecule has 0 spiro atoms. The number of hydrogen-bond donors (Lipinski definition) is 5. The molecule has 194 valence electrons. The second-order valence-corrected chi connectivity index (χ2v) is 10.6. The summed E-state index contributed by atoms with van der Waals surface area (Å²) in [5.74, 6) is -1.27. The lowest BCUT2D eigenvalue weighted by molar-refractivity contribution is -0.131. The first-order valence-corrected chi connectivity index (χ1v) is 12.4. The highest BCUT2D eigenvalue weighted by molar-refractivity contribution is 6.01. The zero-order valence-electron chi connectivity index (χ0n) is 21.0. The molecule has 1 aromatic heterocycles. The molecule has 2 aliphatic rings. The number of carbonyl (C=O) groups is 4. The van der Waals surface area contributed by atoms with Crippen molar-refractivity contribution in [3.05, 3.63) is 30.0 Å². The lowest BCUT2D eigenvalue weighted by Gasteiger charge is -2.27. The molecule has 4 amide bonds. The van der Waals surface area contributed by atoms with Crippen molar-refractivity contribution in [3.63, 3.8) is 0 Å². The molecule has 4 rings (SSSR count). The molecule has 2 heterocycles. The van der Waals surface area contributed by atoms with Gasteiger partial charge in [-0.25, -0.2) is 0 Å². The maximum absolute atomic E-state index is 13.3. The molecule has 1 saturated heterocycles. The van der Waals surface area contributed by atoms with Crippen molar-refractivity contribution < 1.29 is 23.9 Å². The van der Waals surface area contributed by atoms with Crippen LogP contribution in [-0.2, 0) is 14.4 Å². The van der Waals surface area contributed by atoms with E-state index in [2.05, 4.69) is 34.8 Å². The van der Waals surface area contributed by atoms with Crippen LogP contribution in [0.2, 0.25) is 0 Å². The first-order chi connectivity index (χ1) is 17.1. The molecule has 2 aromatic rings. The molecule has 0 bridgehead atoms. The van der Waals surface area contributed by atoms with Crippen LogP contribution >= 0.6 is 0 Å². The lowest BCUT2D eigenvalue weighted by atomic mass is 9.91. The van der Waals surface area contributed by atoms with Gasteiger partial charge < -0.3 is 31.4 Å². The minimum atomic E-state index is -1.00. The van der Waals surface area contributed by atoms with Gasteiger partial charge in [-0.05, 0) is 61.6 Å². The molecule has 6 N–H and O–H groups in total. The minimum absolute atomic E-state index is 0.0843. The Bertz CT molecular complexity index is 1170. The quantitative estimate of drug-likeness (QED) is 0.337. The molecule has 1 aromatic carbocycles. The van der Waals surface area contributed by atoms with Crippen LogP contribution in [0, 0.1) is 17.3 Å². The fourth-order valence-electron chi connectivity index (χ4n) is 5.02. The summed E-state index contributed by atoms with van der Waals surface area (Å²) in [6.45, 7) is 4.84. The van der Waals surface area contributed by atoms with E-state index in [0.29, 0.717) is 30.8 Å². The number of H-pyrrole nitrogens is 1. The standard InChI is InChI=1S/C26H35N5O5/c1-26(2)13-15(26)11-19(24(34)30-18(22(27)32)10-14-6-5-9-28-23(14)33)31-25(35)20-12-16-17(29-20)7-4-8-21(16)36-3/h4,7-8,12,14-15,18-19,29H,5-6,9-11,13H2,1-3H3,(H2,27,32)(H,28,33)(H,30,34)(H,31,35)/t14-,15?,18-,19?/m0/s1. The van der Waals surface area contributed by atoms with Crippen molar-refractivity contribution in [2.45, 2.75) is 58.0 Å². The molecule has 36 heavy (non-hydrogen) atoms. The van der Waals surface area contributed by atoms with Gasteiger partial charge in [-0.3, -0.25) is 19.2 Å².